The van der Waals surface area contributed by atoms with E-state index in [0.29, 0.717) is 6.04 Å². The van der Waals surface area contributed by atoms with Gasteiger partial charge in [-0.3, -0.25) is 4.98 Å². The molecule has 2 heterocycles. The van der Waals surface area contributed by atoms with Gasteiger partial charge in [-0.2, -0.15) is 0 Å². The van der Waals surface area contributed by atoms with E-state index >= 15 is 0 Å². The summed E-state index contributed by atoms with van der Waals surface area (Å²) in [4.78, 5) is 4.34. The monoisotopic (exact) mass is 234 g/mol. The largest absolute Gasteiger partial charge is 0.373 e. The fourth-order valence-corrected chi connectivity index (χ4v) is 2.23. The Bertz CT molecular complexity index is 337. The number of aryl methyl sites for hydroxylation is 1. The number of nitrogens with one attached hydrogen (secondary N) is 1. The van der Waals surface area contributed by atoms with Gasteiger partial charge in [0.15, 0.2) is 0 Å². The first-order valence-corrected chi connectivity index (χ1v) is 6.57. The van der Waals surface area contributed by atoms with Crippen molar-refractivity contribution in [1.82, 2.24) is 10.3 Å². The highest BCUT2D eigenvalue weighted by molar-refractivity contribution is 5.16. The van der Waals surface area contributed by atoms with Gasteiger partial charge < -0.3 is 10.1 Å². The van der Waals surface area contributed by atoms with Crippen LogP contribution >= 0.6 is 0 Å². The molecule has 0 aromatic carbocycles. The van der Waals surface area contributed by atoms with Crippen molar-refractivity contribution in [3.63, 3.8) is 0 Å². The van der Waals surface area contributed by atoms with E-state index in [2.05, 4.69) is 29.4 Å². The number of aromatic nitrogens is 1. The van der Waals surface area contributed by atoms with Crippen LogP contribution < -0.4 is 5.32 Å². The lowest BCUT2D eigenvalue weighted by Gasteiger charge is -2.30. The lowest BCUT2D eigenvalue weighted by molar-refractivity contribution is 0.000163. The summed E-state index contributed by atoms with van der Waals surface area (Å²) in [6, 6.07) is 4.78. The van der Waals surface area contributed by atoms with Crippen LogP contribution in [0.3, 0.4) is 0 Å². The first kappa shape index (κ1) is 12.5. The van der Waals surface area contributed by atoms with Gasteiger partial charge in [0, 0.05) is 24.5 Å². The van der Waals surface area contributed by atoms with E-state index in [0.717, 1.165) is 31.7 Å². The SMILES string of the molecule is CCCNC1CCOC(c2ccc(C)nc2)C1. The highest BCUT2D eigenvalue weighted by Gasteiger charge is 2.23. The topological polar surface area (TPSA) is 34.1 Å². The Kier molecular flexibility index (Phi) is 4.51. The van der Waals surface area contributed by atoms with E-state index in [9.17, 15) is 0 Å². The Hall–Kier alpha value is -0.930. The van der Waals surface area contributed by atoms with E-state index in [4.69, 9.17) is 4.74 Å². The van der Waals surface area contributed by atoms with Crippen LogP contribution in [-0.2, 0) is 4.74 Å². The van der Waals surface area contributed by atoms with Gasteiger partial charge in [-0.25, -0.2) is 0 Å². The predicted molar refractivity (Wildman–Crippen MR) is 69.0 cm³/mol. The summed E-state index contributed by atoms with van der Waals surface area (Å²) in [5.41, 5.74) is 2.27. The maximum atomic E-state index is 5.83. The summed E-state index contributed by atoms with van der Waals surface area (Å²) < 4.78 is 5.83. The summed E-state index contributed by atoms with van der Waals surface area (Å²) in [7, 11) is 0. The third-order valence-corrected chi connectivity index (χ3v) is 3.27. The van der Waals surface area contributed by atoms with Crippen LogP contribution in [0.2, 0.25) is 0 Å². The second-order valence-corrected chi connectivity index (χ2v) is 4.77. The molecule has 0 saturated carbocycles. The van der Waals surface area contributed by atoms with Gasteiger partial charge >= 0.3 is 0 Å². The van der Waals surface area contributed by atoms with E-state index < -0.39 is 0 Å². The third-order valence-electron chi connectivity index (χ3n) is 3.27. The van der Waals surface area contributed by atoms with Gasteiger partial charge in [-0.15, -0.1) is 0 Å². The second kappa shape index (κ2) is 6.12. The Labute approximate surface area is 104 Å². The zero-order valence-corrected chi connectivity index (χ0v) is 10.8. The maximum absolute atomic E-state index is 5.83. The molecular formula is C14H22N2O. The zero-order chi connectivity index (χ0) is 12.1. The lowest BCUT2D eigenvalue weighted by atomic mass is 9.98. The van der Waals surface area contributed by atoms with Crippen molar-refractivity contribution in [2.75, 3.05) is 13.2 Å². The summed E-state index contributed by atoms with van der Waals surface area (Å²) in [6.07, 6.45) is 5.53. The second-order valence-electron chi connectivity index (χ2n) is 4.77. The molecule has 1 aromatic rings. The van der Waals surface area contributed by atoms with Gasteiger partial charge in [-0.05, 0) is 44.4 Å². The van der Waals surface area contributed by atoms with Crippen LogP contribution in [0.1, 0.15) is 43.5 Å². The molecule has 3 nitrogen and oxygen atoms in total. The molecule has 1 aromatic heterocycles. The molecule has 2 unspecified atom stereocenters. The molecule has 0 aliphatic carbocycles. The smallest absolute Gasteiger partial charge is 0.0854 e. The number of hydrogen-bond donors (Lipinski definition) is 1. The van der Waals surface area contributed by atoms with Crippen molar-refractivity contribution >= 4 is 0 Å². The maximum Gasteiger partial charge on any atom is 0.0854 e. The average Bonchev–Trinajstić information content (AvgIpc) is 2.37. The van der Waals surface area contributed by atoms with Crippen LogP contribution in [0, 0.1) is 6.92 Å². The van der Waals surface area contributed by atoms with Crippen molar-refractivity contribution in [1.29, 1.82) is 0 Å². The molecule has 2 atom stereocenters. The van der Waals surface area contributed by atoms with Crippen molar-refractivity contribution < 1.29 is 4.74 Å². The highest BCUT2D eigenvalue weighted by Crippen LogP contribution is 2.27. The molecule has 0 amide bonds. The summed E-state index contributed by atoms with van der Waals surface area (Å²) >= 11 is 0. The molecule has 1 saturated heterocycles. The molecule has 17 heavy (non-hydrogen) atoms. The molecule has 1 fully saturated rings. The van der Waals surface area contributed by atoms with Crippen molar-refractivity contribution in [3.05, 3.63) is 29.6 Å². The number of rotatable bonds is 4. The molecule has 0 bridgehead atoms. The minimum absolute atomic E-state index is 0.214. The van der Waals surface area contributed by atoms with Crippen LogP contribution in [-0.4, -0.2) is 24.2 Å². The van der Waals surface area contributed by atoms with Crippen molar-refractivity contribution in [3.8, 4) is 0 Å². The van der Waals surface area contributed by atoms with Crippen molar-refractivity contribution in [2.24, 2.45) is 0 Å². The molecule has 0 spiro atoms. The number of ether oxygens (including phenoxy) is 1. The number of nitrogens with zero attached hydrogens (tertiary/aromatic N) is 1. The first-order valence-electron chi connectivity index (χ1n) is 6.57. The van der Waals surface area contributed by atoms with Crippen molar-refractivity contribution in [2.45, 2.75) is 45.3 Å². The van der Waals surface area contributed by atoms with Gasteiger partial charge in [0.2, 0.25) is 0 Å². The Morgan fingerprint density at radius 3 is 3.06 bits per heavy atom. The fourth-order valence-electron chi connectivity index (χ4n) is 2.23. The Balaban J connectivity index is 1.94. The number of hydrogen-bond acceptors (Lipinski definition) is 3. The van der Waals surface area contributed by atoms with Crippen LogP contribution in [0.5, 0.6) is 0 Å². The fraction of sp³-hybridized carbons (Fsp3) is 0.643. The van der Waals surface area contributed by atoms with Gasteiger partial charge in [-0.1, -0.05) is 13.0 Å². The van der Waals surface area contributed by atoms with E-state index in [1.165, 1.54) is 12.0 Å². The first-order chi connectivity index (χ1) is 8.29. The molecular weight excluding hydrogens is 212 g/mol. The van der Waals surface area contributed by atoms with Gasteiger partial charge in [0.05, 0.1) is 6.10 Å². The van der Waals surface area contributed by atoms with E-state index in [1.807, 2.05) is 13.1 Å². The molecule has 1 aliphatic rings. The summed E-state index contributed by atoms with van der Waals surface area (Å²) in [5.74, 6) is 0. The normalized spacial score (nSPS) is 24.8. The highest BCUT2D eigenvalue weighted by atomic mass is 16.5. The molecule has 3 heteroatoms. The average molecular weight is 234 g/mol. The van der Waals surface area contributed by atoms with E-state index in [-0.39, 0.29) is 6.10 Å². The van der Waals surface area contributed by atoms with Gasteiger partial charge in [0.25, 0.3) is 0 Å². The van der Waals surface area contributed by atoms with Crippen LogP contribution in [0.25, 0.3) is 0 Å². The third kappa shape index (κ3) is 3.51. The molecule has 94 valence electrons. The zero-order valence-electron chi connectivity index (χ0n) is 10.8. The predicted octanol–water partition coefficient (Wildman–Crippen LogP) is 2.61. The molecule has 0 radical (unpaired) electrons. The summed E-state index contributed by atoms with van der Waals surface area (Å²) in [6.45, 7) is 6.16. The molecule has 1 aliphatic heterocycles. The molecule has 2 rings (SSSR count). The Morgan fingerprint density at radius 1 is 1.47 bits per heavy atom. The standard InChI is InChI=1S/C14H22N2O/c1-3-7-15-13-6-8-17-14(9-13)12-5-4-11(2)16-10-12/h4-5,10,13-15H,3,6-9H2,1-2H3. The minimum Gasteiger partial charge on any atom is -0.373 e. The number of pyridine rings is 1. The summed E-state index contributed by atoms with van der Waals surface area (Å²) in [5, 5.41) is 3.58. The van der Waals surface area contributed by atoms with Gasteiger partial charge in [0.1, 0.15) is 0 Å². The minimum atomic E-state index is 0.214. The van der Waals surface area contributed by atoms with Crippen LogP contribution in [0.15, 0.2) is 18.3 Å². The van der Waals surface area contributed by atoms with E-state index in [1.54, 1.807) is 0 Å². The quantitative estimate of drug-likeness (QED) is 0.869. The Morgan fingerprint density at radius 2 is 2.35 bits per heavy atom. The van der Waals surface area contributed by atoms with Crippen LogP contribution in [0.4, 0.5) is 0 Å². The lowest BCUT2D eigenvalue weighted by Crippen LogP contribution is -2.36. The molecule has 1 N–H and O–H groups in total.